The number of hydrogen-bond donors (Lipinski definition) is 1. The molecule has 0 bridgehead atoms. The summed E-state index contributed by atoms with van der Waals surface area (Å²) < 4.78 is 23.2. The molecule has 1 unspecified atom stereocenters. The van der Waals surface area contributed by atoms with Crippen LogP contribution in [-0.4, -0.2) is 21.7 Å². The van der Waals surface area contributed by atoms with Crippen molar-refractivity contribution in [2.24, 2.45) is 0 Å². The van der Waals surface area contributed by atoms with Crippen LogP contribution in [0, 0.1) is 6.42 Å². The van der Waals surface area contributed by atoms with Gasteiger partial charge in [0.15, 0.2) is 0 Å². The molecule has 0 aromatic heterocycles. The molecular formula is C13H15N2O3SY-3. The molecule has 1 N–H and O–H groups in total. The van der Waals surface area contributed by atoms with E-state index in [1.807, 2.05) is 25.8 Å². The van der Waals surface area contributed by atoms with Crippen LogP contribution < -0.4 is 9.62 Å². The molecule has 0 aliphatic carbocycles. The molecule has 107 valence electrons. The van der Waals surface area contributed by atoms with E-state index in [2.05, 4.69) is 11.3 Å². The molecule has 1 radical (unpaired) electrons. The van der Waals surface area contributed by atoms with E-state index < -0.39 is 11.3 Å². The van der Waals surface area contributed by atoms with Crippen LogP contribution in [-0.2, 0) is 55.3 Å². The van der Waals surface area contributed by atoms with Crippen molar-refractivity contribution in [1.82, 2.24) is 4.72 Å². The van der Waals surface area contributed by atoms with E-state index in [1.165, 1.54) is 4.90 Å². The van der Waals surface area contributed by atoms with Crippen molar-refractivity contribution in [3.63, 3.8) is 0 Å². The molecule has 1 rings (SSSR count). The van der Waals surface area contributed by atoms with Crippen molar-refractivity contribution in [1.29, 1.82) is 0 Å². The zero-order chi connectivity index (χ0) is 14.3. The van der Waals surface area contributed by atoms with Crippen molar-refractivity contribution < 1.29 is 46.3 Å². The Hall–Kier alpha value is -0.526. The van der Waals surface area contributed by atoms with Gasteiger partial charge in [-0.25, -0.2) is 4.72 Å². The molecule has 1 aromatic carbocycles. The summed E-state index contributed by atoms with van der Waals surface area (Å²) in [6.45, 7) is 6.01. The van der Waals surface area contributed by atoms with Crippen molar-refractivity contribution in [2.75, 3.05) is 11.4 Å². The molecule has 0 saturated heterocycles. The molecule has 0 fully saturated rings. The minimum Gasteiger partial charge on any atom is -0.760 e. The normalized spacial score (nSPS) is 11.1. The summed E-state index contributed by atoms with van der Waals surface area (Å²) in [5.74, 6) is 0. The average Bonchev–Trinajstić information content (AvgIpc) is 2.42. The summed E-state index contributed by atoms with van der Waals surface area (Å²) in [4.78, 5) is 12.3. The number of nitrogens with zero attached hydrogens (tertiary/aromatic N) is 1. The first kappa shape index (κ1) is 19.5. The molecular weight excluding hydrogens is 353 g/mol. The number of hydrogen-bond acceptors (Lipinski definition) is 3. The molecule has 7 heteroatoms. The van der Waals surface area contributed by atoms with Gasteiger partial charge in [0.05, 0.1) is 6.41 Å². The second kappa shape index (κ2) is 10.2. The minimum atomic E-state index is -2.29. The van der Waals surface area contributed by atoms with Crippen LogP contribution >= 0.6 is 0 Å². The topological polar surface area (TPSA) is 72.5 Å². The van der Waals surface area contributed by atoms with Gasteiger partial charge in [-0.05, 0) is 0 Å². The van der Waals surface area contributed by atoms with E-state index in [4.69, 9.17) is 0 Å². The van der Waals surface area contributed by atoms with E-state index in [0.29, 0.717) is 12.2 Å². The van der Waals surface area contributed by atoms with Crippen molar-refractivity contribution >= 4 is 23.4 Å². The Labute approximate surface area is 147 Å². The number of nitrogens with one attached hydrogen (secondary N) is 1. The maximum Gasteiger partial charge on any atom is 0.0777 e. The molecule has 20 heavy (non-hydrogen) atoms. The smallest absolute Gasteiger partial charge is 0.0777 e. The summed E-state index contributed by atoms with van der Waals surface area (Å²) in [5.41, 5.74) is 2.36. The van der Waals surface area contributed by atoms with Gasteiger partial charge in [-0.1, -0.05) is 36.4 Å². The molecule has 0 aliphatic heterocycles. The Balaban J connectivity index is 0.00000361. The average molecular weight is 368 g/mol. The third kappa shape index (κ3) is 5.85. The third-order valence-corrected chi connectivity index (χ3v) is 2.89. The van der Waals surface area contributed by atoms with E-state index in [0.717, 1.165) is 11.1 Å². The zero-order valence-electron chi connectivity index (χ0n) is 11.2. The van der Waals surface area contributed by atoms with E-state index in [-0.39, 0.29) is 39.3 Å². The standard InChI is InChI=1S/C13H16N2O3S.Y/c1-3-7-15(10-16)13-6-5-11(8-12(13)4-2)9-14-19(17)18;/h3-6,8,14H,1,7,9H2,2H3,(H,17,18);/q-2;/p-1. The van der Waals surface area contributed by atoms with Gasteiger partial charge in [0.1, 0.15) is 0 Å². The summed E-state index contributed by atoms with van der Waals surface area (Å²) in [6.07, 6.45) is 5.30. The Kier molecular flexibility index (Phi) is 9.97. The Morgan fingerprint density at radius 1 is 1.60 bits per heavy atom. The van der Waals surface area contributed by atoms with E-state index in [1.54, 1.807) is 18.2 Å². The fourth-order valence-corrected chi connectivity index (χ4v) is 1.93. The fraction of sp³-hybridized carbons (Fsp3) is 0.231. The molecule has 0 heterocycles. The van der Waals surface area contributed by atoms with E-state index >= 15 is 0 Å². The SMILES string of the molecule is C=CCN([C-]=O)c1ccc(CNS(=O)[O-])cc1[CH-]C.[Y]. The van der Waals surface area contributed by atoms with Gasteiger partial charge in [0, 0.05) is 57.1 Å². The molecule has 1 amide bonds. The fourth-order valence-electron chi connectivity index (χ4n) is 1.65. The molecule has 0 spiro atoms. The third-order valence-electron chi connectivity index (χ3n) is 2.51. The van der Waals surface area contributed by atoms with Crippen LogP contribution in [0.2, 0.25) is 0 Å². The number of amides is 1. The number of rotatable bonds is 8. The Morgan fingerprint density at radius 2 is 2.30 bits per heavy atom. The summed E-state index contributed by atoms with van der Waals surface area (Å²) >= 11 is -2.29. The van der Waals surface area contributed by atoms with Gasteiger partial charge in [0.25, 0.3) is 0 Å². The molecule has 0 aliphatic rings. The van der Waals surface area contributed by atoms with Crippen molar-refractivity contribution in [2.45, 2.75) is 13.5 Å². The molecule has 0 saturated carbocycles. The van der Waals surface area contributed by atoms with Crippen LogP contribution in [0.1, 0.15) is 18.1 Å². The Morgan fingerprint density at radius 3 is 2.80 bits per heavy atom. The predicted molar refractivity (Wildman–Crippen MR) is 74.5 cm³/mol. The van der Waals surface area contributed by atoms with Gasteiger partial charge in [-0.3, -0.25) is 4.21 Å². The van der Waals surface area contributed by atoms with Gasteiger partial charge >= 0.3 is 0 Å². The second-order valence-corrected chi connectivity index (χ2v) is 4.49. The van der Waals surface area contributed by atoms with Crippen molar-refractivity contribution in [3.8, 4) is 0 Å². The van der Waals surface area contributed by atoms with Crippen LogP contribution in [0.5, 0.6) is 0 Å². The zero-order valence-corrected chi connectivity index (χ0v) is 14.8. The maximum atomic E-state index is 10.9. The first-order valence-corrected chi connectivity index (χ1v) is 6.71. The first-order valence-electron chi connectivity index (χ1n) is 5.63. The van der Waals surface area contributed by atoms with Gasteiger partial charge in [-0.2, -0.15) is 18.1 Å². The monoisotopic (exact) mass is 368 g/mol. The number of anilines is 1. The molecule has 5 nitrogen and oxygen atoms in total. The molecule has 1 aromatic rings. The number of carbonyl (C=O) groups excluding carboxylic acids is 1. The van der Waals surface area contributed by atoms with Crippen LogP contribution in [0.25, 0.3) is 0 Å². The van der Waals surface area contributed by atoms with Crippen LogP contribution in [0.15, 0.2) is 30.9 Å². The second-order valence-electron chi connectivity index (χ2n) is 3.73. The van der Waals surface area contributed by atoms with E-state index in [9.17, 15) is 13.6 Å². The van der Waals surface area contributed by atoms with Crippen LogP contribution in [0.4, 0.5) is 5.69 Å². The largest absolute Gasteiger partial charge is 0.760 e. The van der Waals surface area contributed by atoms with Crippen molar-refractivity contribution in [3.05, 3.63) is 48.4 Å². The number of benzene rings is 1. The predicted octanol–water partition coefficient (Wildman–Crippen LogP) is 1.20. The first-order chi connectivity index (χ1) is 9.12. The molecule has 1 atom stereocenters. The van der Waals surface area contributed by atoms with Gasteiger partial charge in [0.2, 0.25) is 0 Å². The quantitative estimate of drug-likeness (QED) is 0.324. The summed E-state index contributed by atoms with van der Waals surface area (Å²) in [7, 11) is 0. The summed E-state index contributed by atoms with van der Waals surface area (Å²) in [6, 6.07) is 5.34. The van der Waals surface area contributed by atoms with Crippen LogP contribution in [0.3, 0.4) is 0 Å². The Bertz CT molecular complexity index is 483. The minimum absolute atomic E-state index is 0. The van der Waals surface area contributed by atoms with Gasteiger partial charge in [-0.15, -0.1) is 6.58 Å². The maximum absolute atomic E-state index is 10.9. The van der Waals surface area contributed by atoms with Gasteiger partial charge < -0.3 is 14.2 Å². The summed E-state index contributed by atoms with van der Waals surface area (Å²) in [5, 5.41) is 0.